The lowest BCUT2D eigenvalue weighted by molar-refractivity contribution is -0.165. The van der Waals surface area contributed by atoms with E-state index in [0.29, 0.717) is 19.4 Å². The average Bonchev–Trinajstić information content (AvgIpc) is 3.15. The number of para-hydroxylation sites is 1. The first kappa shape index (κ1) is 32.1. The summed E-state index contributed by atoms with van der Waals surface area (Å²) in [4.78, 5) is 31.2. The summed E-state index contributed by atoms with van der Waals surface area (Å²) in [5.74, 6) is -0.383. The van der Waals surface area contributed by atoms with Gasteiger partial charge in [0.15, 0.2) is 0 Å². The van der Waals surface area contributed by atoms with Gasteiger partial charge in [-0.05, 0) is 51.2 Å². The molecule has 0 bridgehead atoms. The number of unbranched alkanes of at least 4 members (excludes halogenated alkanes) is 1. The lowest BCUT2D eigenvalue weighted by Crippen LogP contribution is -2.74. The molecule has 38 heavy (non-hydrogen) atoms. The van der Waals surface area contributed by atoms with Gasteiger partial charge >= 0.3 is 0 Å². The number of nitrogens with zero attached hydrogens (tertiary/aromatic N) is 4. The van der Waals surface area contributed by atoms with Crippen molar-refractivity contribution in [2.24, 2.45) is 5.92 Å². The van der Waals surface area contributed by atoms with Crippen LogP contribution in [0.5, 0.6) is 0 Å². The highest BCUT2D eigenvalue weighted by molar-refractivity contribution is 6.00. The minimum atomic E-state index is -0.893. The van der Waals surface area contributed by atoms with E-state index in [1.807, 2.05) is 43.7 Å². The van der Waals surface area contributed by atoms with Crippen LogP contribution in [0, 0.1) is 19.8 Å². The number of rotatable bonds is 8. The smallest absolute Gasteiger partial charge is 0.248 e. The number of halogens is 2. The quantitative estimate of drug-likeness (QED) is 0.506. The predicted molar refractivity (Wildman–Crippen MR) is 154 cm³/mol. The van der Waals surface area contributed by atoms with Crippen LogP contribution in [-0.4, -0.2) is 73.8 Å². The van der Waals surface area contributed by atoms with E-state index in [9.17, 15) is 14.7 Å². The predicted octanol–water partition coefficient (Wildman–Crippen LogP) is 3.81. The van der Waals surface area contributed by atoms with Crippen LogP contribution in [0.1, 0.15) is 63.4 Å². The number of piperazine rings is 1. The molecule has 0 radical (unpaired) electrons. The summed E-state index contributed by atoms with van der Waals surface area (Å²) in [6.07, 6.45) is 2.06. The zero-order valence-corrected chi connectivity index (χ0v) is 24.8. The van der Waals surface area contributed by atoms with Gasteiger partial charge in [0.05, 0.1) is 17.5 Å². The van der Waals surface area contributed by atoms with E-state index in [4.69, 9.17) is 5.10 Å². The van der Waals surface area contributed by atoms with E-state index in [1.54, 1.807) is 4.90 Å². The van der Waals surface area contributed by atoms with Crippen LogP contribution >= 0.6 is 24.8 Å². The molecule has 1 aromatic heterocycles. The first-order chi connectivity index (χ1) is 17.2. The molecule has 0 aliphatic carbocycles. The molecule has 0 unspecified atom stereocenters. The topological polar surface area (TPSA) is 90.7 Å². The molecule has 2 aromatic rings. The number of likely N-dealkylation sites (tertiary alicyclic amines) is 1. The van der Waals surface area contributed by atoms with Gasteiger partial charge in [0.25, 0.3) is 0 Å². The summed E-state index contributed by atoms with van der Waals surface area (Å²) >= 11 is 0. The molecule has 10 heteroatoms. The average molecular weight is 569 g/mol. The molecule has 2 aliphatic heterocycles. The van der Waals surface area contributed by atoms with E-state index < -0.39 is 17.7 Å². The van der Waals surface area contributed by atoms with E-state index in [1.165, 1.54) is 5.56 Å². The maximum Gasteiger partial charge on any atom is 0.248 e. The number of carbonyl (C=O) groups is 2. The summed E-state index contributed by atoms with van der Waals surface area (Å²) < 4.78 is 2.00. The number of hydrogen-bond acceptors (Lipinski definition) is 5. The van der Waals surface area contributed by atoms with Gasteiger partial charge in [-0.1, -0.05) is 45.4 Å². The third kappa shape index (κ3) is 6.03. The van der Waals surface area contributed by atoms with Crippen molar-refractivity contribution in [2.45, 2.75) is 84.5 Å². The summed E-state index contributed by atoms with van der Waals surface area (Å²) in [7, 11) is 0. The van der Waals surface area contributed by atoms with Gasteiger partial charge in [-0.3, -0.25) is 14.5 Å². The second-order valence-electron chi connectivity index (χ2n) is 10.7. The summed E-state index contributed by atoms with van der Waals surface area (Å²) in [5, 5.41) is 18.3. The van der Waals surface area contributed by atoms with Crippen molar-refractivity contribution < 1.29 is 14.7 Å². The maximum absolute atomic E-state index is 13.5. The van der Waals surface area contributed by atoms with Crippen molar-refractivity contribution in [1.82, 2.24) is 24.9 Å². The Balaban J connectivity index is 0.00000253. The summed E-state index contributed by atoms with van der Waals surface area (Å²) in [6, 6.07) is 9.28. The molecule has 2 amide bonds. The molecule has 2 atom stereocenters. The van der Waals surface area contributed by atoms with Gasteiger partial charge in [0, 0.05) is 37.4 Å². The molecule has 1 aromatic carbocycles. The monoisotopic (exact) mass is 567 g/mol. The third-order valence-electron chi connectivity index (χ3n) is 8.02. The number of hydrogen-bond donors (Lipinski definition) is 2. The minimum absolute atomic E-state index is 0. The second-order valence-corrected chi connectivity index (χ2v) is 10.7. The number of aromatic nitrogens is 2. The van der Waals surface area contributed by atoms with Crippen molar-refractivity contribution in [3.05, 3.63) is 47.3 Å². The first-order valence-electron chi connectivity index (χ1n) is 13.3. The molecule has 1 spiro atoms. The Bertz CT molecular complexity index is 1080. The molecule has 212 valence electrons. The van der Waals surface area contributed by atoms with Crippen molar-refractivity contribution >= 4 is 36.6 Å². The van der Waals surface area contributed by atoms with Crippen LogP contribution < -0.4 is 5.32 Å². The second kappa shape index (κ2) is 13.3. The number of piperidine rings is 1. The molecule has 2 aliphatic rings. The van der Waals surface area contributed by atoms with Crippen LogP contribution in [0.15, 0.2) is 30.3 Å². The molecule has 0 saturated carbocycles. The lowest BCUT2D eigenvalue weighted by atomic mass is 9.80. The molecule has 2 saturated heterocycles. The van der Waals surface area contributed by atoms with Crippen LogP contribution in [-0.2, 0) is 16.1 Å². The number of nitrogens with one attached hydrogen (secondary N) is 1. The molecule has 2 N–H and O–H groups in total. The van der Waals surface area contributed by atoms with E-state index in [0.717, 1.165) is 49.6 Å². The Labute approximate surface area is 239 Å². The van der Waals surface area contributed by atoms with Gasteiger partial charge in [0.2, 0.25) is 11.8 Å². The number of benzene rings is 1. The molecule has 3 heterocycles. The van der Waals surface area contributed by atoms with Crippen molar-refractivity contribution in [3.8, 4) is 5.69 Å². The lowest BCUT2D eigenvalue weighted by Gasteiger charge is -2.52. The Morgan fingerprint density at radius 3 is 2.32 bits per heavy atom. The molecule has 2 fully saturated rings. The maximum atomic E-state index is 13.5. The van der Waals surface area contributed by atoms with Gasteiger partial charge < -0.3 is 15.3 Å². The Morgan fingerprint density at radius 2 is 1.74 bits per heavy atom. The largest absolute Gasteiger partial charge is 0.390 e. The van der Waals surface area contributed by atoms with Gasteiger partial charge in [-0.2, -0.15) is 5.10 Å². The molecule has 4 rings (SSSR count). The SMILES string of the molecule is CCCCN1C(=O)[C@H]([C@@H](O)C(C)C)NC(=O)C12CCN(Cc1c(C)nn(-c3ccccc3)c1C)CC2.Cl.Cl. The summed E-state index contributed by atoms with van der Waals surface area (Å²) in [6.45, 7) is 12.7. The molecular formula is C28H43Cl2N5O3. The van der Waals surface area contributed by atoms with E-state index in [2.05, 4.69) is 36.2 Å². The fourth-order valence-electron chi connectivity index (χ4n) is 5.62. The first-order valence-corrected chi connectivity index (χ1v) is 13.3. The number of amides is 2. The normalized spacial score (nSPS) is 20.2. The standard InChI is InChI=1S/C28H41N5O3.2ClH/c1-6-7-15-32-26(35)24(25(34)19(2)3)29-27(36)28(32)13-16-31(17-14-28)18-23-20(4)30-33(21(23)5)22-11-9-8-10-12-22;;/h8-12,19,24-25,34H,6-7,13-18H2,1-5H3,(H,29,36);2*1H/t24-,25-;;/m0../s1. The number of carbonyl (C=O) groups excluding carboxylic acids is 2. The van der Waals surface area contributed by atoms with E-state index >= 15 is 0 Å². The van der Waals surface area contributed by atoms with Gasteiger partial charge in [-0.25, -0.2) is 4.68 Å². The van der Waals surface area contributed by atoms with Crippen LogP contribution in [0.4, 0.5) is 0 Å². The highest BCUT2D eigenvalue weighted by atomic mass is 35.5. The molecular weight excluding hydrogens is 525 g/mol. The number of aliphatic hydroxyl groups excluding tert-OH is 1. The van der Waals surface area contributed by atoms with Crippen molar-refractivity contribution in [2.75, 3.05) is 19.6 Å². The number of aryl methyl sites for hydroxylation is 1. The van der Waals surface area contributed by atoms with Gasteiger partial charge in [-0.15, -0.1) is 24.8 Å². The Kier molecular flexibility index (Phi) is 11.2. The molecule has 8 nitrogen and oxygen atoms in total. The summed E-state index contributed by atoms with van der Waals surface area (Å²) in [5.41, 5.74) is 3.55. The van der Waals surface area contributed by atoms with Gasteiger partial charge in [0.1, 0.15) is 11.6 Å². The minimum Gasteiger partial charge on any atom is -0.390 e. The van der Waals surface area contributed by atoms with Crippen molar-refractivity contribution in [3.63, 3.8) is 0 Å². The zero-order valence-electron chi connectivity index (χ0n) is 23.1. The fraction of sp³-hybridized carbons (Fsp3) is 0.607. The third-order valence-corrected chi connectivity index (χ3v) is 8.02. The van der Waals surface area contributed by atoms with Crippen LogP contribution in [0.25, 0.3) is 5.69 Å². The van der Waals surface area contributed by atoms with Crippen molar-refractivity contribution in [1.29, 1.82) is 0 Å². The van der Waals surface area contributed by atoms with E-state index in [-0.39, 0.29) is 42.5 Å². The van der Waals surface area contributed by atoms with Crippen LogP contribution in [0.2, 0.25) is 0 Å². The zero-order chi connectivity index (χ0) is 26.0. The van der Waals surface area contributed by atoms with Crippen LogP contribution in [0.3, 0.4) is 0 Å². The highest BCUT2D eigenvalue weighted by Crippen LogP contribution is 2.35. The number of aliphatic hydroxyl groups is 1. The fourth-order valence-corrected chi connectivity index (χ4v) is 5.62. The highest BCUT2D eigenvalue weighted by Gasteiger charge is 2.54. The Morgan fingerprint density at radius 1 is 1.11 bits per heavy atom. The Hall–Kier alpha value is -2.13.